The Labute approximate surface area is 163 Å². The molecule has 0 bridgehead atoms. The minimum Gasteiger partial charge on any atom is -0.378 e. The fraction of sp³-hybridized carbons (Fsp3) is 0.300. The molecule has 0 saturated carbocycles. The Hall–Kier alpha value is -2.57. The summed E-state index contributed by atoms with van der Waals surface area (Å²) in [7, 11) is 0. The minimum absolute atomic E-state index is 0.0982. The first-order chi connectivity index (χ1) is 13.0. The molecule has 1 heterocycles. The zero-order valence-electron chi connectivity index (χ0n) is 15.1. The van der Waals surface area contributed by atoms with Crippen LogP contribution in [0.15, 0.2) is 42.5 Å². The molecule has 6 nitrogen and oxygen atoms in total. The Bertz CT molecular complexity index is 818. The van der Waals surface area contributed by atoms with Crippen LogP contribution < -0.4 is 10.6 Å². The fourth-order valence-electron chi connectivity index (χ4n) is 2.76. The molecule has 142 valence electrons. The Balaban J connectivity index is 1.56. The lowest BCUT2D eigenvalue weighted by molar-refractivity contribution is -0.114. The summed E-state index contributed by atoms with van der Waals surface area (Å²) >= 11 is 6.28. The molecule has 0 atom stereocenters. The summed E-state index contributed by atoms with van der Waals surface area (Å²) in [4.78, 5) is 26.3. The van der Waals surface area contributed by atoms with Crippen LogP contribution >= 0.6 is 11.6 Å². The Morgan fingerprint density at radius 1 is 1.07 bits per heavy atom. The van der Waals surface area contributed by atoms with E-state index in [4.69, 9.17) is 16.3 Å². The van der Waals surface area contributed by atoms with E-state index < -0.39 is 0 Å². The smallest absolute Gasteiger partial charge is 0.255 e. The number of aryl methyl sites for hydroxylation is 1. The van der Waals surface area contributed by atoms with Crippen molar-refractivity contribution in [1.29, 1.82) is 0 Å². The van der Waals surface area contributed by atoms with Crippen molar-refractivity contribution in [2.45, 2.75) is 6.92 Å². The number of morpholine rings is 1. The fourth-order valence-corrected chi connectivity index (χ4v) is 3.02. The van der Waals surface area contributed by atoms with Gasteiger partial charge in [0, 0.05) is 24.5 Å². The van der Waals surface area contributed by atoms with Crippen LogP contribution in [0.3, 0.4) is 0 Å². The van der Waals surface area contributed by atoms with Crippen LogP contribution in [0.2, 0.25) is 5.02 Å². The van der Waals surface area contributed by atoms with Crippen LogP contribution in [-0.4, -0.2) is 49.6 Å². The van der Waals surface area contributed by atoms with E-state index in [1.54, 1.807) is 23.1 Å². The molecule has 2 N–H and O–H groups in total. The highest BCUT2D eigenvalue weighted by molar-refractivity contribution is 6.34. The molecule has 0 aromatic heterocycles. The lowest BCUT2D eigenvalue weighted by Gasteiger charge is -2.27. The quantitative estimate of drug-likeness (QED) is 0.826. The number of rotatable bonds is 5. The highest BCUT2D eigenvalue weighted by atomic mass is 35.5. The lowest BCUT2D eigenvalue weighted by atomic mass is 10.1. The van der Waals surface area contributed by atoms with Crippen molar-refractivity contribution >= 4 is 34.8 Å². The van der Waals surface area contributed by atoms with Crippen molar-refractivity contribution in [2.75, 3.05) is 43.5 Å². The summed E-state index contributed by atoms with van der Waals surface area (Å²) < 4.78 is 5.26. The van der Waals surface area contributed by atoms with Crippen LogP contribution in [-0.2, 0) is 9.53 Å². The summed E-state index contributed by atoms with van der Waals surface area (Å²) in [6.45, 7) is 4.30. The number of hydrogen-bond donors (Lipinski definition) is 2. The average Bonchev–Trinajstić information content (AvgIpc) is 2.68. The maximum Gasteiger partial charge on any atom is 0.255 e. The number of nitrogens with zero attached hydrogens (tertiary/aromatic N) is 1. The normalized spacial score (nSPS) is 13.9. The molecule has 0 spiro atoms. The Morgan fingerprint density at radius 2 is 1.74 bits per heavy atom. The van der Waals surface area contributed by atoms with Crippen LogP contribution in [0, 0.1) is 6.92 Å². The third kappa shape index (κ3) is 5.21. The zero-order chi connectivity index (χ0) is 19.2. The largest absolute Gasteiger partial charge is 0.378 e. The van der Waals surface area contributed by atoms with Gasteiger partial charge in [0.1, 0.15) is 0 Å². The van der Waals surface area contributed by atoms with E-state index in [1.807, 2.05) is 31.2 Å². The maximum atomic E-state index is 12.5. The number of anilines is 2. The second-order valence-electron chi connectivity index (χ2n) is 6.37. The first-order valence-corrected chi connectivity index (χ1v) is 9.18. The molecule has 27 heavy (non-hydrogen) atoms. The van der Waals surface area contributed by atoms with Gasteiger partial charge in [0.25, 0.3) is 5.91 Å². The van der Waals surface area contributed by atoms with E-state index in [0.29, 0.717) is 42.6 Å². The molecule has 2 aromatic rings. The standard InChI is InChI=1S/C20H22ClN3O3/c1-14-2-4-15(5-3-14)23-19(25)13-22-16-6-7-17(18(21)12-16)20(26)24-8-10-27-11-9-24/h2-7,12,22H,8-11,13H2,1H3,(H,23,25). The van der Waals surface area contributed by atoms with Gasteiger partial charge in [0.15, 0.2) is 0 Å². The van der Waals surface area contributed by atoms with Gasteiger partial charge in [0.05, 0.1) is 30.3 Å². The highest BCUT2D eigenvalue weighted by Gasteiger charge is 2.20. The van der Waals surface area contributed by atoms with E-state index in [1.165, 1.54) is 0 Å². The number of benzene rings is 2. The van der Waals surface area contributed by atoms with Gasteiger partial charge in [-0.25, -0.2) is 0 Å². The second-order valence-corrected chi connectivity index (χ2v) is 6.77. The third-order valence-corrected chi connectivity index (χ3v) is 4.60. The number of carbonyl (C=O) groups excluding carboxylic acids is 2. The Morgan fingerprint density at radius 3 is 2.41 bits per heavy atom. The van der Waals surface area contributed by atoms with Crippen molar-refractivity contribution in [2.24, 2.45) is 0 Å². The molecule has 0 unspecified atom stereocenters. The molecule has 1 saturated heterocycles. The molecule has 0 aliphatic carbocycles. The van der Waals surface area contributed by atoms with Gasteiger partial charge in [-0.05, 0) is 37.3 Å². The number of halogens is 1. The summed E-state index contributed by atoms with van der Waals surface area (Å²) in [6, 6.07) is 12.7. The van der Waals surface area contributed by atoms with Gasteiger partial charge in [-0.2, -0.15) is 0 Å². The highest BCUT2D eigenvalue weighted by Crippen LogP contribution is 2.23. The summed E-state index contributed by atoms with van der Waals surface area (Å²) in [5.41, 5.74) is 3.01. The van der Waals surface area contributed by atoms with Gasteiger partial charge in [-0.1, -0.05) is 29.3 Å². The number of nitrogens with one attached hydrogen (secondary N) is 2. The topological polar surface area (TPSA) is 70.7 Å². The Kier molecular flexibility index (Phi) is 6.32. The van der Waals surface area contributed by atoms with Gasteiger partial charge in [-0.3, -0.25) is 9.59 Å². The van der Waals surface area contributed by atoms with Crippen molar-refractivity contribution in [3.63, 3.8) is 0 Å². The first-order valence-electron chi connectivity index (χ1n) is 8.80. The molecule has 1 aliphatic heterocycles. The molecule has 3 rings (SSSR count). The van der Waals surface area contributed by atoms with Crippen molar-refractivity contribution in [1.82, 2.24) is 4.90 Å². The maximum absolute atomic E-state index is 12.5. The summed E-state index contributed by atoms with van der Waals surface area (Å²) in [5.74, 6) is -0.268. The molecule has 7 heteroatoms. The monoisotopic (exact) mass is 387 g/mol. The van der Waals surface area contributed by atoms with E-state index in [9.17, 15) is 9.59 Å². The molecule has 0 radical (unpaired) electrons. The van der Waals surface area contributed by atoms with E-state index in [2.05, 4.69) is 10.6 Å². The molecule has 1 aliphatic rings. The molecule has 2 amide bonds. The van der Waals surface area contributed by atoms with E-state index in [-0.39, 0.29) is 18.4 Å². The first kappa shape index (κ1) is 19.2. The summed E-state index contributed by atoms with van der Waals surface area (Å²) in [5, 5.41) is 6.20. The molecule has 2 aromatic carbocycles. The molecular formula is C20H22ClN3O3. The lowest BCUT2D eigenvalue weighted by Crippen LogP contribution is -2.40. The van der Waals surface area contributed by atoms with Crippen LogP contribution in [0.4, 0.5) is 11.4 Å². The molecular weight excluding hydrogens is 366 g/mol. The SMILES string of the molecule is Cc1ccc(NC(=O)CNc2ccc(C(=O)N3CCOCC3)c(Cl)c2)cc1. The van der Waals surface area contributed by atoms with Gasteiger partial charge in [-0.15, -0.1) is 0 Å². The van der Waals surface area contributed by atoms with E-state index in [0.717, 1.165) is 11.3 Å². The van der Waals surface area contributed by atoms with Gasteiger partial charge in [0.2, 0.25) is 5.91 Å². The van der Waals surface area contributed by atoms with E-state index >= 15 is 0 Å². The van der Waals surface area contributed by atoms with Crippen molar-refractivity contribution in [3.05, 3.63) is 58.6 Å². The second kappa shape index (κ2) is 8.88. The van der Waals surface area contributed by atoms with Gasteiger partial charge >= 0.3 is 0 Å². The van der Waals surface area contributed by atoms with Crippen molar-refractivity contribution < 1.29 is 14.3 Å². The van der Waals surface area contributed by atoms with Crippen LogP contribution in [0.25, 0.3) is 0 Å². The number of amides is 2. The predicted octanol–water partition coefficient (Wildman–Crippen LogP) is 3.17. The predicted molar refractivity (Wildman–Crippen MR) is 106 cm³/mol. The third-order valence-electron chi connectivity index (χ3n) is 4.29. The summed E-state index contributed by atoms with van der Waals surface area (Å²) in [6.07, 6.45) is 0. The van der Waals surface area contributed by atoms with Gasteiger partial charge < -0.3 is 20.3 Å². The average molecular weight is 388 g/mol. The van der Waals surface area contributed by atoms with Crippen LogP contribution in [0.1, 0.15) is 15.9 Å². The van der Waals surface area contributed by atoms with Crippen LogP contribution in [0.5, 0.6) is 0 Å². The molecule has 1 fully saturated rings. The number of carbonyl (C=O) groups is 2. The zero-order valence-corrected chi connectivity index (χ0v) is 15.9. The number of hydrogen-bond acceptors (Lipinski definition) is 4. The van der Waals surface area contributed by atoms with Crippen molar-refractivity contribution in [3.8, 4) is 0 Å². The minimum atomic E-state index is -0.163. The number of ether oxygens (including phenoxy) is 1.